The zero-order valence-electron chi connectivity index (χ0n) is 11.1. The van der Waals surface area contributed by atoms with E-state index in [0.717, 1.165) is 13.0 Å². The minimum Gasteiger partial charge on any atom is -0.485 e. The van der Waals surface area contributed by atoms with E-state index in [1.165, 1.54) is 0 Å². The molecule has 1 aromatic rings. The number of hydrazine groups is 1. The van der Waals surface area contributed by atoms with Gasteiger partial charge in [-0.15, -0.1) is 0 Å². The molecule has 3 N–H and O–H groups in total. The highest BCUT2D eigenvalue weighted by atomic mass is 32.1. The summed E-state index contributed by atoms with van der Waals surface area (Å²) in [7, 11) is 0. The molecule has 1 aromatic carbocycles. The van der Waals surface area contributed by atoms with Gasteiger partial charge in [-0.2, -0.15) is 0 Å². The molecular weight excluding hydrogens is 278 g/mol. The highest BCUT2D eigenvalue weighted by molar-refractivity contribution is 7.80. The van der Waals surface area contributed by atoms with Gasteiger partial charge in [0, 0.05) is 6.54 Å². The summed E-state index contributed by atoms with van der Waals surface area (Å²) in [5.41, 5.74) is 5.12. The third-order valence-corrected chi connectivity index (χ3v) is 2.88. The van der Waals surface area contributed by atoms with Crippen LogP contribution in [0.1, 0.15) is 13.3 Å². The smallest absolute Gasteiger partial charge is 0.283 e. The summed E-state index contributed by atoms with van der Waals surface area (Å²) in [5, 5.41) is 3.31. The molecule has 0 fully saturated rings. The molecule has 2 rings (SSSR count). The number of amides is 1. The Morgan fingerprint density at radius 3 is 2.85 bits per heavy atom. The lowest BCUT2D eigenvalue weighted by atomic mass is 10.2. The summed E-state index contributed by atoms with van der Waals surface area (Å²) in [6, 6.07) is 7.23. The predicted octanol–water partition coefficient (Wildman–Crippen LogP) is 0.732. The van der Waals surface area contributed by atoms with Crippen molar-refractivity contribution in [1.29, 1.82) is 0 Å². The molecule has 1 atom stereocenters. The summed E-state index contributed by atoms with van der Waals surface area (Å²) >= 11 is 4.99. The highest BCUT2D eigenvalue weighted by Crippen LogP contribution is 2.30. The summed E-state index contributed by atoms with van der Waals surface area (Å²) in [4.78, 5) is 11.9. The van der Waals surface area contributed by atoms with Crippen LogP contribution in [0.25, 0.3) is 0 Å². The van der Waals surface area contributed by atoms with E-state index in [9.17, 15) is 4.79 Å². The van der Waals surface area contributed by atoms with Gasteiger partial charge in [-0.1, -0.05) is 19.1 Å². The number of rotatable bonds is 3. The SMILES string of the molecule is CCCNC(=S)NNC(=O)[C@@H]1COc2ccccc2O1. The van der Waals surface area contributed by atoms with E-state index in [2.05, 4.69) is 16.2 Å². The molecule has 6 nitrogen and oxygen atoms in total. The Kier molecular flexibility index (Phi) is 5.00. The number of para-hydroxylation sites is 2. The van der Waals surface area contributed by atoms with Gasteiger partial charge >= 0.3 is 0 Å². The van der Waals surface area contributed by atoms with Crippen molar-refractivity contribution in [2.75, 3.05) is 13.2 Å². The van der Waals surface area contributed by atoms with E-state index in [-0.39, 0.29) is 12.5 Å². The predicted molar refractivity (Wildman–Crippen MR) is 78.5 cm³/mol. The topological polar surface area (TPSA) is 71.6 Å². The first-order chi connectivity index (χ1) is 9.70. The molecule has 0 bridgehead atoms. The highest BCUT2D eigenvalue weighted by Gasteiger charge is 2.27. The third-order valence-electron chi connectivity index (χ3n) is 2.64. The molecule has 1 aliphatic heterocycles. The number of thiocarbonyl (C=S) groups is 1. The fraction of sp³-hybridized carbons (Fsp3) is 0.385. The van der Waals surface area contributed by atoms with Crippen LogP contribution in [-0.2, 0) is 4.79 Å². The molecule has 0 saturated heterocycles. The van der Waals surface area contributed by atoms with Crippen molar-refractivity contribution in [3.63, 3.8) is 0 Å². The van der Waals surface area contributed by atoms with E-state index >= 15 is 0 Å². The first kappa shape index (κ1) is 14.4. The van der Waals surface area contributed by atoms with Gasteiger partial charge in [0.05, 0.1) is 0 Å². The van der Waals surface area contributed by atoms with Crippen LogP contribution < -0.4 is 25.6 Å². The number of hydrogen-bond acceptors (Lipinski definition) is 4. The fourth-order valence-corrected chi connectivity index (χ4v) is 1.78. The average molecular weight is 295 g/mol. The molecule has 0 spiro atoms. The number of fused-ring (bicyclic) bond motifs is 1. The van der Waals surface area contributed by atoms with Crippen LogP contribution in [0.2, 0.25) is 0 Å². The van der Waals surface area contributed by atoms with Crippen LogP contribution in [0, 0.1) is 0 Å². The van der Waals surface area contributed by atoms with E-state index in [4.69, 9.17) is 21.7 Å². The molecule has 20 heavy (non-hydrogen) atoms. The van der Waals surface area contributed by atoms with Gasteiger partial charge < -0.3 is 14.8 Å². The molecule has 0 saturated carbocycles. The maximum atomic E-state index is 11.9. The monoisotopic (exact) mass is 295 g/mol. The Morgan fingerprint density at radius 2 is 2.10 bits per heavy atom. The number of ether oxygens (including phenoxy) is 2. The zero-order valence-corrected chi connectivity index (χ0v) is 12.0. The largest absolute Gasteiger partial charge is 0.485 e. The van der Waals surface area contributed by atoms with Crippen LogP contribution in [-0.4, -0.2) is 30.3 Å². The lowest BCUT2D eigenvalue weighted by Crippen LogP contribution is -2.53. The van der Waals surface area contributed by atoms with Gasteiger partial charge in [-0.05, 0) is 30.8 Å². The lowest BCUT2D eigenvalue weighted by Gasteiger charge is -2.25. The Bertz CT molecular complexity index is 496. The van der Waals surface area contributed by atoms with E-state index in [1.807, 2.05) is 19.1 Å². The van der Waals surface area contributed by atoms with Crippen LogP contribution in [0.4, 0.5) is 0 Å². The van der Waals surface area contributed by atoms with E-state index in [0.29, 0.717) is 16.6 Å². The van der Waals surface area contributed by atoms with Gasteiger partial charge in [0.25, 0.3) is 5.91 Å². The molecular formula is C13H17N3O3S. The summed E-state index contributed by atoms with van der Waals surface area (Å²) < 4.78 is 11.0. The average Bonchev–Trinajstić information content (AvgIpc) is 2.50. The molecule has 0 radical (unpaired) electrons. The molecule has 0 unspecified atom stereocenters. The van der Waals surface area contributed by atoms with Gasteiger partial charge in [0.2, 0.25) is 6.10 Å². The second-order valence-corrected chi connectivity index (χ2v) is 4.64. The van der Waals surface area contributed by atoms with Crippen molar-refractivity contribution in [1.82, 2.24) is 16.2 Å². The van der Waals surface area contributed by atoms with Crippen molar-refractivity contribution in [3.05, 3.63) is 24.3 Å². The fourth-order valence-electron chi connectivity index (χ4n) is 1.63. The molecule has 7 heteroatoms. The quantitative estimate of drug-likeness (QED) is 0.564. The minimum atomic E-state index is -0.702. The normalized spacial score (nSPS) is 16.1. The zero-order chi connectivity index (χ0) is 14.4. The van der Waals surface area contributed by atoms with Crippen LogP contribution in [0.3, 0.4) is 0 Å². The molecule has 1 heterocycles. The minimum absolute atomic E-state index is 0.166. The number of hydrogen-bond donors (Lipinski definition) is 3. The van der Waals surface area contributed by atoms with E-state index in [1.54, 1.807) is 12.1 Å². The molecule has 1 amide bonds. The maximum absolute atomic E-state index is 11.9. The first-order valence-corrected chi connectivity index (χ1v) is 6.83. The summed E-state index contributed by atoms with van der Waals surface area (Å²) in [6.07, 6.45) is 0.248. The van der Waals surface area contributed by atoms with Gasteiger partial charge in [0.15, 0.2) is 16.6 Å². The second kappa shape index (κ2) is 6.95. The first-order valence-electron chi connectivity index (χ1n) is 6.43. The number of carbonyl (C=O) groups excluding carboxylic acids is 1. The number of nitrogens with one attached hydrogen (secondary N) is 3. The van der Waals surface area contributed by atoms with Gasteiger partial charge in [0.1, 0.15) is 6.61 Å². The van der Waals surface area contributed by atoms with Crippen LogP contribution in [0.5, 0.6) is 11.5 Å². The lowest BCUT2D eigenvalue weighted by molar-refractivity contribution is -0.130. The van der Waals surface area contributed by atoms with Gasteiger partial charge in [-0.3, -0.25) is 15.6 Å². The molecule has 1 aliphatic rings. The third kappa shape index (κ3) is 3.74. The van der Waals surface area contributed by atoms with Crippen molar-refractivity contribution < 1.29 is 14.3 Å². The molecule has 0 aliphatic carbocycles. The second-order valence-electron chi connectivity index (χ2n) is 4.23. The Hall–Kier alpha value is -2.02. The van der Waals surface area contributed by atoms with Crippen LogP contribution in [0.15, 0.2) is 24.3 Å². The van der Waals surface area contributed by atoms with Crippen molar-refractivity contribution in [2.45, 2.75) is 19.4 Å². The Morgan fingerprint density at radius 1 is 1.35 bits per heavy atom. The van der Waals surface area contributed by atoms with Crippen molar-refractivity contribution in [3.8, 4) is 11.5 Å². The van der Waals surface area contributed by atoms with E-state index < -0.39 is 6.10 Å². The van der Waals surface area contributed by atoms with Gasteiger partial charge in [-0.25, -0.2) is 0 Å². The Balaban J connectivity index is 1.81. The van der Waals surface area contributed by atoms with Crippen LogP contribution >= 0.6 is 12.2 Å². The molecule has 108 valence electrons. The molecule has 0 aromatic heterocycles. The number of benzene rings is 1. The summed E-state index contributed by atoms with van der Waals surface area (Å²) in [6.45, 7) is 2.94. The maximum Gasteiger partial charge on any atom is 0.283 e. The standard InChI is InChI=1S/C13H17N3O3S/c1-2-7-14-13(20)16-15-12(17)11-8-18-9-5-3-4-6-10(9)19-11/h3-6,11H,2,7-8H2,1H3,(H,15,17)(H2,14,16,20)/t11-/m0/s1. The van der Waals surface area contributed by atoms with Crippen molar-refractivity contribution in [2.24, 2.45) is 0 Å². The summed E-state index contributed by atoms with van der Waals surface area (Å²) in [5.74, 6) is 0.871. The Labute approximate surface area is 122 Å². The number of carbonyl (C=O) groups is 1. The van der Waals surface area contributed by atoms with Crippen molar-refractivity contribution >= 4 is 23.2 Å².